The number of aryl methyl sites for hydroxylation is 2. The van der Waals surface area contributed by atoms with E-state index in [4.69, 9.17) is 0 Å². The summed E-state index contributed by atoms with van der Waals surface area (Å²) >= 11 is 3.52. The molecule has 0 bridgehead atoms. The molecular weight excluding hydrogens is 212 g/mol. The standard InChI is InChI=1S/C11H10OS2/c12-11-7-3-5-13-9(7)1-2-10-8(11)4-6-14-10/h3-6,11-12H,1-2H2. The average Bonchev–Trinajstić information content (AvgIpc) is 2.81. The Morgan fingerprint density at radius 3 is 2.00 bits per heavy atom. The Kier molecular flexibility index (Phi) is 1.97. The van der Waals surface area contributed by atoms with Gasteiger partial charge in [0.15, 0.2) is 0 Å². The van der Waals surface area contributed by atoms with Crippen LogP contribution in [-0.4, -0.2) is 5.11 Å². The van der Waals surface area contributed by atoms with Crippen LogP contribution in [0.15, 0.2) is 22.9 Å². The first-order chi connectivity index (χ1) is 6.86. The van der Waals surface area contributed by atoms with Gasteiger partial charge in [0, 0.05) is 9.75 Å². The third-order valence-corrected chi connectivity index (χ3v) is 4.72. The molecule has 3 heteroatoms. The van der Waals surface area contributed by atoms with Crippen molar-refractivity contribution in [2.45, 2.75) is 18.9 Å². The first-order valence-corrected chi connectivity index (χ1v) is 6.43. The van der Waals surface area contributed by atoms with Crippen molar-refractivity contribution >= 4 is 22.7 Å². The topological polar surface area (TPSA) is 20.2 Å². The Balaban J connectivity index is 2.17. The number of hydrogen-bond acceptors (Lipinski definition) is 3. The third-order valence-electron chi connectivity index (χ3n) is 2.73. The van der Waals surface area contributed by atoms with Crippen molar-refractivity contribution in [1.29, 1.82) is 0 Å². The van der Waals surface area contributed by atoms with E-state index in [0.717, 1.165) is 24.0 Å². The van der Waals surface area contributed by atoms with Crippen LogP contribution in [0.2, 0.25) is 0 Å². The van der Waals surface area contributed by atoms with E-state index in [9.17, 15) is 5.11 Å². The van der Waals surface area contributed by atoms with Gasteiger partial charge >= 0.3 is 0 Å². The largest absolute Gasteiger partial charge is 0.384 e. The third kappa shape index (κ3) is 1.16. The second-order valence-corrected chi connectivity index (χ2v) is 5.50. The number of fused-ring (bicyclic) bond motifs is 2. The van der Waals surface area contributed by atoms with Gasteiger partial charge in [-0.05, 0) is 46.9 Å². The molecule has 0 aromatic carbocycles. The number of aliphatic hydroxyl groups is 1. The summed E-state index contributed by atoms with van der Waals surface area (Å²) in [6.45, 7) is 0. The van der Waals surface area contributed by atoms with E-state index in [0.29, 0.717) is 0 Å². The second-order valence-electron chi connectivity index (χ2n) is 3.50. The van der Waals surface area contributed by atoms with Crippen molar-refractivity contribution < 1.29 is 5.11 Å². The van der Waals surface area contributed by atoms with Crippen molar-refractivity contribution in [3.63, 3.8) is 0 Å². The molecule has 14 heavy (non-hydrogen) atoms. The van der Waals surface area contributed by atoms with Crippen molar-refractivity contribution in [2.75, 3.05) is 0 Å². The molecule has 1 aliphatic rings. The lowest BCUT2D eigenvalue weighted by atomic mass is 10.1. The Morgan fingerprint density at radius 2 is 1.50 bits per heavy atom. The summed E-state index contributed by atoms with van der Waals surface area (Å²) in [5, 5.41) is 14.3. The molecule has 0 saturated heterocycles. The quantitative estimate of drug-likeness (QED) is 0.726. The fourth-order valence-electron chi connectivity index (χ4n) is 1.99. The van der Waals surface area contributed by atoms with E-state index in [1.54, 1.807) is 22.7 Å². The highest BCUT2D eigenvalue weighted by Gasteiger charge is 2.22. The summed E-state index contributed by atoms with van der Waals surface area (Å²) in [6, 6.07) is 4.11. The molecule has 0 saturated carbocycles. The SMILES string of the molecule is OC1c2ccsc2CCc2sccc21. The van der Waals surface area contributed by atoms with Crippen LogP contribution < -0.4 is 0 Å². The van der Waals surface area contributed by atoms with Gasteiger partial charge in [-0.2, -0.15) is 0 Å². The predicted molar refractivity (Wildman–Crippen MR) is 60.1 cm³/mol. The van der Waals surface area contributed by atoms with Gasteiger partial charge in [0.2, 0.25) is 0 Å². The zero-order valence-corrected chi connectivity index (χ0v) is 9.20. The second kappa shape index (κ2) is 3.19. The van der Waals surface area contributed by atoms with Crippen LogP contribution in [0.25, 0.3) is 0 Å². The van der Waals surface area contributed by atoms with Crippen molar-refractivity contribution in [2.24, 2.45) is 0 Å². The zero-order chi connectivity index (χ0) is 9.54. The van der Waals surface area contributed by atoms with Crippen molar-refractivity contribution in [1.82, 2.24) is 0 Å². The van der Waals surface area contributed by atoms with Crippen LogP contribution >= 0.6 is 22.7 Å². The lowest BCUT2D eigenvalue weighted by Crippen LogP contribution is -1.97. The minimum Gasteiger partial charge on any atom is -0.384 e. The van der Waals surface area contributed by atoms with Gasteiger partial charge in [-0.25, -0.2) is 0 Å². The first kappa shape index (κ1) is 8.65. The van der Waals surface area contributed by atoms with Crippen LogP contribution in [0.4, 0.5) is 0 Å². The maximum absolute atomic E-state index is 10.2. The predicted octanol–water partition coefficient (Wildman–Crippen LogP) is 2.99. The zero-order valence-electron chi connectivity index (χ0n) is 7.56. The van der Waals surface area contributed by atoms with E-state index in [1.807, 2.05) is 0 Å². The fourth-order valence-corrected chi connectivity index (χ4v) is 3.82. The van der Waals surface area contributed by atoms with Crippen molar-refractivity contribution in [3.8, 4) is 0 Å². The maximum atomic E-state index is 10.2. The molecule has 0 unspecified atom stereocenters. The molecule has 0 atom stereocenters. The maximum Gasteiger partial charge on any atom is 0.106 e. The van der Waals surface area contributed by atoms with E-state index in [1.165, 1.54) is 9.75 Å². The number of hydrogen-bond donors (Lipinski definition) is 1. The molecule has 2 heterocycles. The Bertz CT molecular complexity index is 413. The van der Waals surface area contributed by atoms with Crippen LogP contribution in [0.1, 0.15) is 27.0 Å². The summed E-state index contributed by atoms with van der Waals surface area (Å²) in [5.74, 6) is 0. The van der Waals surface area contributed by atoms with E-state index < -0.39 is 0 Å². The average molecular weight is 222 g/mol. The molecule has 1 N–H and O–H groups in total. The van der Waals surface area contributed by atoms with Gasteiger partial charge in [0.05, 0.1) is 0 Å². The monoisotopic (exact) mass is 222 g/mol. The molecule has 2 aromatic rings. The van der Waals surface area contributed by atoms with Gasteiger partial charge in [-0.3, -0.25) is 0 Å². The Labute approximate surface area is 90.7 Å². The van der Waals surface area contributed by atoms with Gasteiger partial charge in [0.1, 0.15) is 6.10 Å². The molecule has 0 radical (unpaired) electrons. The van der Waals surface area contributed by atoms with Crippen LogP contribution in [0, 0.1) is 0 Å². The molecule has 0 spiro atoms. The summed E-state index contributed by atoms with van der Waals surface area (Å²) in [4.78, 5) is 2.70. The van der Waals surface area contributed by atoms with Crippen molar-refractivity contribution in [3.05, 3.63) is 43.8 Å². The first-order valence-electron chi connectivity index (χ1n) is 4.67. The van der Waals surface area contributed by atoms with E-state index in [2.05, 4.69) is 22.9 Å². The lowest BCUT2D eigenvalue weighted by molar-refractivity contribution is 0.220. The Hall–Kier alpha value is -0.640. The number of aliphatic hydroxyl groups excluding tert-OH is 1. The smallest absolute Gasteiger partial charge is 0.106 e. The van der Waals surface area contributed by atoms with Crippen LogP contribution in [0.3, 0.4) is 0 Å². The summed E-state index contributed by atoms with van der Waals surface area (Å²) in [6.07, 6.45) is 1.77. The van der Waals surface area contributed by atoms with E-state index in [-0.39, 0.29) is 6.10 Å². The van der Waals surface area contributed by atoms with Crippen LogP contribution in [0.5, 0.6) is 0 Å². The molecule has 3 rings (SSSR count). The minimum atomic E-state index is -0.389. The molecule has 0 amide bonds. The summed E-state index contributed by atoms with van der Waals surface area (Å²) < 4.78 is 0. The molecule has 2 aromatic heterocycles. The van der Waals surface area contributed by atoms with Gasteiger partial charge in [-0.1, -0.05) is 0 Å². The number of rotatable bonds is 0. The van der Waals surface area contributed by atoms with Gasteiger partial charge in [0.25, 0.3) is 0 Å². The fraction of sp³-hybridized carbons (Fsp3) is 0.273. The van der Waals surface area contributed by atoms with Gasteiger partial charge < -0.3 is 5.11 Å². The van der Waals surface area contributed by atoms with E-state index >= 15 is 0 Å². The van der Waals surface area contributed by atoms with Crippen LogP contribution in [-0.2, 0) is 12.8 Å². The molecule has 1 nitrogen and oxygen atoms in total. The molecule has 0 aliphatic heterocycles. The summed E-state index contributed by atoms with van der Waals surface area (Å²) in [5.41, 5.74) is 2.24. The molecule has 72 valence electrons. The molecule has 1 aliphatic carbocycles. The highest BCUT2D eigenvalue weighted by molar-refractivity contribution is 7.10. The minimum absolute atomic E-state index is 0.389. The normalized spacial score (nSPS) is 16.1. The highest BCUT2D eigenvalue weighted by atomic mass is 32.1. The molecular formula is C11H10OS2. The lowest BCUT2D eigenvalue weighted by Gasteiger charge is -2.07. The Morgan fingerprint density at radius 1 is 1.00 bits per heavy atom. The summed E-state index contributed by atoms with van der Waals surface area (Å²) in [7, 11) is 0. The highest BCUT2D eigenvalue weighted by Crippen LogP contribution is 2.36. The number of thiophene rings is 2. The van der Waals surface area contributed by atoms with Gasteiger partial charge in [-0.15, -0.1) is 22.7 Å². The molecule has 0 fully saturated rings.